The van der Waals surface area contributed by atoms with Gasteiger partial charge in [0.25, 0.3) is 0 Å². The van der Waals surface area contributed by atoms with Gasteiger partial charge in [-0.3, -0.25) is 5.43 Å². The maximum atomic E-state index is 5.92. The summed E-state index contributed by atoms with van der Waals surface area (Å²) in [6.07, 6.45) is 1.84. The fraction of sp³-hybridized carbons (Fsp3) is 0.188. The lowest BCUT2D eigenvalue weighted by atomic mass is 10.2. The van der Waals surface area contributed by atoms with Crippen molar-refractivity contribution in [2.45, 2.75) is 20.0 Å². The van der Waals surface area contributed by atoms with E-state index in [1.807, 2.05) is 50.2 Å². The van der Waals surface area contributed by atoms with Crippen LogP contribution in [-0.2, 0) is 0 Å². The fourth-order valence-corrected chi connectivity index (χ4v) is 3.34. The molecule has 0 aliphatic rings. The van der Waals surface area contributed by atoms with Crippen LogP contribution in [0.5, 0.6) is 5.75 Å². The Morgan fingerprint density at radius 3 is 2.45 bits per heavy atom. The number of nitrogens with zero attached hydrogens (tertiary/aromatic N) is 1. The van der Waals surface area contributed by atoms with Crippen LogP contribution in [0.3, 0.4) is 0 Å². The van der Waals surface area contributed by atoms with Crippen molar-refractivity contribution in [3.05, 3.63) is 55.9 Å². The number of halogens is 3. The number of rotatable bonds is 5. The molecule has 0 atom stereocenters. The first-order chi connectivity index (χ1) is 10.5. The van der Waals surface area contributed by atoms with Gasteiger partial charge in [-0.1, -0.05) is 17.7 Å². The van der Waals surface area contributed by atoms with Gasteiger partial charge in [-0.15, -0.1) is 0 Å². The first-order valence-corrected chi connectivity index (χ1v) is 8.62. The summed E-state index contributed by atoms with van der Waals surface area (Å²) in [5.74, 6) is 0.787. The normalized spacial score (nSPS) is 11.2. The predicted molar refractivity (Wildman–Crippen MR) is 100 cm³/mol. The molecule has 6 heteroatoms. The summed E-state index contributed by atoms with van der Waals surface area (Å²) in [5, 5.41) is 4.88. The first-order valence-electron chi connectivity index (χ1n) is 6.66. The Morgan fingerprint density at radius 1 is 1.18 bits per heavy atom. The van der Waals surface area contributed by atoms with Crippen molar-refractivity contribution in [2.75, 3.05) is 5.43 Å². The minimum Gasteiger partial charge on any atom is -0.489 e. The van der Waals surface area contributed by atoms with Gasteiger partial charge in [0.1, 0.15) is 5.75 Å². The van der Waals surface area contributed by atoms with Crippen molar-refractivity contribution in [1.82, 2.24) is 0 Å². The largest absolute Gasteiger partial charge is 0.489 e. The Bertz CT molecular complexity index is 667. The third-order valence-electron chi connectivity index (χ3n) is 2.61. The second kappa shape index (κ2) is 7.99. The van der Waals surface area contributed by atoms with Crippen molar-refractivity contribution < 1.29 is 4.74 Å². The Labute approximate surface area is 152 Å². The van der Waals surface area contributed by atoms with Gasteiger partial charge in [0.15, 0.2) is 0 Å². The van der Waals surface area contributed by atoms with E-state index in [9.17, 15) is 0 Å². The monoisotopic (exact) mass is 444 g/mol. The molecule has 0 unspecified atom stereocenters. The van der Waals surface area contributed by atoms with E-state index in [0.29, 0.717) is 5.02 Å². The number of anilines is 1. The van der Waals surface area contributed by atoms with Crippen molar-refractivity contribution in [3.63, 3.8) is 0 Å². The van der Waals surface area contributed by atoms with Gasteiger partial charge in [0.05, 0.1) is 27.0 Å². The zero-order valence-electron chi connectivity index (χ0n) is 12.1. The second-order valence-electron chi connectivity index (χ2n) is 4.86. The van der Waals surface area contributed by atoms with Crippen LogP contribution >= 0.6 is 43.5 Å². The standard InChI is InChI=1S/C16H15Br2ClN2O/c1-10(2)22-16-14(17)6-11(7-15(16)18)9-20-21-13-5-3-4-12(19)8-13/h3-10,21H,1-2H3. The van der Waals surface area contributed by atoms with E-state index < -0.39 is 0 Å². The van der Waals surface area contributed by atoms with Gasteiger partial charge >= 0.3 is 0 Å². The Kier molecular flexibility index (Phi) is 6.29. The molecule has 2 rings (SSSR count). The van der Waals surface area contributed by atoms with Gasteiger partial charge in [0, 0.05) is 5.02 Å². The van der Waals surface area contributed by atoms with E-state index in [2.05, 4.69) is 42.4 Å². The van der Waals surface area contributed by atoms with Gasteiger partial charge in [-0.05, 0) is 81.6 Å². The third-order valence-corrected chi connectivity index (χ3v) is 4.02. The molecule has 0 bridgehead atoms. The van der Waals surface area contributed by atoms with Crippen LogP contribution in [0.15, 0.2) is 50.4 Å². The van der Waals surface area contributed by atoms with Crippen LogP contribution in [0.4, 0.5) is 5.69 Å². The fourth-order valence-electron chi connectivity index (χ4n) is 1.74. The third kappa shape index (κ3) is 5.00. The molecule has 1 N–H and O–H groups in total. The molecule has 2 aromatic rings. The minimum atomic E-state index is 0.108. The smallest absolute Gasteiger partial charge is 0.148 e. The van der Waals surface area contributed by atoms with Crippen molar-refractivity contribution in [3.8, 4) is 5.75 Å². The van der Waals surface area contributed by atoms with Crippen molar-refractivity contribution >= 4 is 55.4 Å². The molecule has 0 heterocycles. The minimum absolute atomic E-state index is 0.108. The zero-order valence-corrected chi connectivity index (χ0v) is 16.0. The summed E-state index contributed by atoms with van der Waals surface area (Å²) in [7, 11) is 0. The highest BCUT2D eigenvalue weighted by Gasteiger charge is 2.09. The summed E-state index contributed by atoms with van der Waals surface area (Å²) in [4.78, 5) is 0. The quantitative estimate of drug-likeness (QED) is 0.445. The lowest BCUT2D eigenvalue weighted by Crippen LogP contribution is -2.06. The summed E-state index contributed by atoms with van der Waals surface area (Å²) >= 11 is 13.0. The summed E-state index contributed by atoms with van der Waals surface area (Å²) in [5.41, 5.74) is 4.71. The van der Waals surface area contributed by atoms with E-state index in [4.69, 9.17) is 16.3 Å². The number of hydrogen-bond donors (Lipinski definition) is 1. The Balaban J connectivity index is 2.11. The SMILES string of the molecule is CC(C)Oc1c(Br)cc(C=NNc2cccc(Cl)c2)cc1Br. The summed E-state index contributed by atoms with van der Waals surface area (Å²) in [6.45, 7) is 3.98. The molecule has 0 aliphatic heterocycles. The van der Waals surface area contributed by atoms with Crippen molar-refractivity contribution in [2.24, 2.45) is 5.10 Å². The summed E-state index contributed by atoms with van der Waals surface area (Å²) < 4.78 is 7.50. The van der Waals surface area contributed by atoms with E-state index >= 15 is 0 Å². The highest BCUT2D eigenvalue weighted by Crippen LogP contribution is 2.35. The maximum absolute atomic E-state index is 5.92. The van der Waals surface area contributed by atoms with Crippen LogP contribution in [0.2, 0.25) is 5.02 Å². The molecule has 0 amide bonds. The molecule has 0 saturated heterocycles. The van der Waals surface area contributed by atoms with Gasteiger partial charge in [0.2, 0.25) is 0 Å². The van der Waals surface area contributed by atoms with Crippen LogP contribution in [0.25, 0.3) is 0 Å². The second-order valence-corrected chi connectivity index (χ2v) is 7.01. The first kappa shape index (κ1) is 17.3. The number of hydrazone groups is 1. The molecule has 3 nitrogen and oxygen atoms in total. The van der Waals surface area contributed by atoms with Gasteiger partial charge in [-0.2, -0.15) is 5.10 Å². The average molecular weight is 447 g/mol. The Hall–Kier alpha value is -1.04. The van der Waals surface area contributed by atoms with Gasteiger partial charge < -0.3 is 4.74 Å². The highest BCUT2D eigenvalue weighted by molar-refractivity contribution is 9.11. The molecule has 0 fully saturated rings. The topological polar surface area (TPSA) is 33.6 Å². The van der Waals surface area contributed by atoms with Crippen LogP contribution in [-0.4, -0.2) is 12.3 Å². The highest BCUT2D eigenvalue weighted by atomic mass is 79.9. The molecular weight excluding hydrogens is 431 g/mol. The predicted octanol–water partition coefficient (Wildman–Crippen LogP) is 6.10. The molecular formula is C16H15Br2ClN2O. The van der Waals surface area contributed by atoms with E-state index in [-0.39, 0.29) is 6.10 Å². The number of ether oxygens (including phenoxy) is 1. The lowest BCUT2D eigenvalue weighted by Gasteiger charge is -2.13. The lowest BCUT2D eigenvalue weighted by molar-refractivity contribution is 0.239. The molecule has 116 valence electrons. The molecule has 0 saturated carbocycles. The number of nitrogens with one attached hydrogen (secondary N) is 1. The van der Waals surface area contributed by atoms with Crippen LogP contribution in [0, 0.1) is 0 Å². The van der Waals surface area contributed by atoms with E-state index in [0.717, 1.165) is 25.9 Å². The Morgan fingerprint density at radius 2 is 1.86 bits per heavy atom. The average Bonchev–Trinajstić information content (AvgIpc) is 2.43. The molecule has 0 aliphatic carbocycles. The van der Waals surface area contributed by atoms with E-state index in [1.54, 1.807) is 6.21 Å². The van der Waals surface area contributed by atoms with Gasteiger partial charge in [-0.25, -0.2) is 0 Å². The molecule has 0 spiro atoms. The number of hydrogen-bond acceptors (Lipinski definition) is 3. The molecule has 0 radical (unpaired) electrons. The zero-order chi connectivity index (χ0) is 16.1. The van der Waals surface area contributed by atoms with Crippen LogP contribution in [0.1, 0.15) is 19.4 Å². The number of benzene rings is 2. The van der Waals surface area contributed by atoms with Crippen LogP contribution < -0.4 is 10.2 Å². The summed E-state index contributed by atoms with van der Waals surface area (Å²) in [6, 6.07) is 11.3. The molecule has 0 aromatic heterocycles. The maximum Gasteiger partial charge on any atom is 0.148 e. The van der Waals surface area contributed by atoms with E-state index in [1.165, 1.54) is 0 Å². The molecule has 2 aromatic carbocycles. The van der Waals surface area contributed by atoms with Crippen molar-refractivity contribution in [1.29, 1.82) is 0 Å². The molecule has 22 heavy (non-hydrogen) atoms.